The highest BCUT2D eigenvalue weighted by molar-refractivity contribution is 6.06. The molecule has 0 aliphatic carbocycles. The number of piperazine rings is 1. The van der Waals surface area contributed by atoms with Crippen LogP contribution in [0, 0.1) is 5.41 Å². The molecular weight excluding hydrogens is 232 g/mol. The molecule has 2 unspecified atom stereocenters. The summed E-state index contributed by atoms with van der Waals surface area (Å²) in [5.74, 6) is -0.0676. The maximum atomic E-state index is 12.6. The van der Waals surface area contributed by atoms with Crippen LogP contribution in [-0.2, 0) is 4.79 Å². The van der Waals surface area contributed by atoms with Gasteiger partial charge in [0.15, 0.2) is 5.84 Å². The van der Waals surface area contributed by atoms with Crippen molar-refractivity contribution in [1.29, 1.82) is 0 Å². The van der Waals surface area contributed by atoms with E-state index in [2.05, 4.69) is 10.1 Å². The van der Waals surface area contributed by atoms with Crippen molar-refractivity contribution in [1.82, 2.24) is 9.80 Å². The van der Waals surface area contributed by atoms with Crippen molar-refractivity contribution in [3.8, 4) is 0 Å². The third-order valence-electron chi connectivity index (χ3n) is 3.94. The van der Waals surface area contributed by atoms with Crippen molar-refractivity contribution in [3.63, 3.8) is 0 Å². The molecule has 104 valence electrons. The van der Waals surface area contributed by atoms with Gasteiger partial charge in [0.2, 0.25) is 5.91 Å². The monoisotopic (exact) mass is 256 g/mol. The molecule has 2 atom stereocenters. The van der Waals surface area contributed by atoms with Crippen molar-refractivity contribution in [2.75, 3.05) is 26.7 Å². The molecule has 0 saturated carbocycles. The molecule has 3 N–H and O–H groups in total. The van der Waals surface area contributed by atoms with Gasteiger partial charge < -0.3 is 20.7 Å². The van der Waals surface area contributed by atoms with Crippen LogP contribution in [0.4, 0.5) is 0 Å². The molecule has 0 spiro atoms. The number of nitrogens with two attached hydrogens (primary N) is 1. The summed E-state index contributed by atoms with van der Waals surface area (Å²) in [4.78, 5) is 16.6. The van der Waals surface area contributed by atoms with Crippen molar-refractivity contribution in [3.05, 3.63) is 0 Å². The molecule has 6 nitrogen and oxygen atoms in total. The highest BCUT2D eigenvalue weighted by atomic mass is 16.4. The molecular formula is C12H24N4O2. The van der Waals surface area contributed by atoms with Gasteiger partial charge in [0.1, 0.15) is 5.41 Å². The van der Waals surface area contributed by atoms with Crippen LogP contribution in [0.15, 0.2) is 5.16 Å². The minimum atomic E-state index is -0.918. The van der Waals surface area contributed by atoms with E-state index < -0.39 is 5.41 Å². The number of rotatable bonds is 3. The number of oxime groups is 1. The van der Waals surface area contributed by atoms with Crippen molar-refractivity contribution in [2.24, 2.45) is 16.3 Å². The number of nitrogens with zero attached hydrogens (tertiary/aromatic N) is 3. The lowest BCUT2D eigenvalue weighted by Gasteiger charge is -2.42. The van der Waals surface area contributed by atoms with Gasteiger partial charge in [0.25, 0.3) is 0 Å². The molecule has 1 heterocycles. The van der Waals surface area contributed by atoms with E-state index >= 15 is 0 Å². The Morgan fingerprint density at radius 3 is 2.61 bits per heavy atom. The smallest absolute Gasteiger partial charge is 0.236 e. The topological polar surface area (TPSA) is 82.2 Å². The Hall–Kier alpha value is -1.30. The Labute approximate surface area is 108 Å². The first kappa shape index (κ1) is 14.8. The third-order valence-corrected chi connectivity index (χ3v) is 3.94. The van der Waals surface area contributed by atoms with E-state index in [9.17, 15) is 4.79 Å². The lowest BCUT2D eigenvalue weighted by atomic mass is 9.84. The van der Waals surface area contributed by atoms with Gasteiger partial charge in [-0.1, -0.05) is 12.1 Å². The SMILES string of the molecule is CCC(C)(C(=O)N1CCN(C)CC1C)C(N)=NO. The maximum absolute atomic E-state index is 12.6. The van der Waals surface area contributed by atoms with Crippen molar-refractivity contribution < 1.29 is 10.0 Å². The van der Waals surface area contributed by atoms with Crippen molar-refractivity contribution >= 4 is 11.7 Å². The lowest BCUT2D eigenvalue weighted by Crippen LogP contribution is -2.58. The summed E-state index contributed by atoms with van der Waals surface area (Å²) in [6.07, 6.45) is 0.515. The van der Waals surface area contributed by atoms with E-state index in [1.165, 1.54) is 0 Å². The molecule has 1 fully saturated rings. The molecule has 0 radical (unpaired) electrons. The van der Waals surface area contributed by atoms with Crippen LogP contribution in [-0.4, -0.2) is 59.5 Å². The molecule has 18 heavy (non-hydrogen) atoms. The first-order valence-electron chi connectivity index (χ1n) is 6.34. The third kappa shape index (κ3) is 2.58. The fourth-order valence-electron chi connectivity index (χ4n) is 2.31. The molecule has 0 aromatic carbocycles. The van der Waals surface area contributed by atoms with E-state index in [0.29, 0.717) is 13.0 Å². The Balaban J connectivity index is 2.91. The van der Waals surface area contributed by atoms with Crippen LogP contribution in [0.5, 0.6) is 0 Å². The zero-order chi connectivity index (χ0) is 13.9. The quantitative estimate of drug-likeness (QED) is 0.329. The summed E-state index contributed by atoms with van der Waals surface area (Å²) in [5, 5.41) is 11.9. The Bertz CT molecular complexity index is 345. The van der Waals surface area contributed by atoms with E-state index in [1.54, 1.807) is 6.92 Å². The summed E-state index contributed by atoms with van der Waals surface area (Å²) in [7, 11) is 2.04. The van der Waals surface area contributed by atoms with Gasteiger partial charge in [-0.05, 0) is 27.3 Å². The zero-order valence-corrected chi connectivity index (χ0v) is 11.7. The van der Waals surface area contributed by atoms with Crippen LogP contribution in [0.25, 0.3) is 0 Å². The van der Waals surface area contributed by atoms with Gasteiger partial charge in [-0.15, -0.1) is 0 Å². The zero-order valence-electron chi connectivity index (χ0n) is 11.7. The Morgan fingerprint density at radius 1 is 1.56 bits per heavy atom. The van der Waals surface area contributed by atoms with Crippen LogP contribution in [0.2, 0.25) is 0 Å². The van der Waals surface area contributed by atoms with Crippen molar-refractivity contribution in [2.45, 2.75) is 33.2 Å². The normalized spacial score (nSPS) is 25.9. The van der Waals surface area contributed by atoms with Crippen LogP contribution < -0.4 is 5.73 Å². The first-order valence-corrected chi connectivity index (χ1v) is 6.34. The van der Waals surface area contributed by atoms with E-state index in [1.807, 2.05) is 25.8 Å². The number of hydrogen-bond donors (Lipinski definition) is 2. The minimum absolute atomic E-state index is 0.0128. The maximum Gasteiger partial charge on any atom is 0.236 e. The molecule has 0 aromatic heterocycles. The van der Waals surface area contributed by atoms with Gasteiger partial charge in [0.05, 0.1) is 0 Å². The van der Waals surface area contributed by atoms with Crippen LogP contribution in [0.1, 0.15) is 27.2 Å². The number of amidine groups is 1. The summed E-state index contributed by atoms with van der Waals surface area (Å²) >= 11 is 0. The highest BCUT2D eigenvalue weighted by Gasteiger charge is 2.41. The average Bonchev–Trinajstić information content (AvgIpc) is 2.36. The van der Waals surface area contributed by atoms with Crippen LogP contribution in [0.3, 0.4) is 0 Å². The Morgan fingerprint density at radius 2 is 2.17 bits per heavy atom. The molecule has 1 amide bonds. The van der Waals surface area contributed by atoms with E-state index in [0.717, 1.165) is 13.1 Å². The number of carbonyl (C=O) groups excluding carboxylic acids is 1. The molecule has 0 bridgehead atoms. The van der Waals surface area contributed by atoms with Crippen LogP contribution >= 0.6 is 0 Å². The molecule has 0 aromatic rings. The second-order valence-electron chi connectivity index (χ2n) is 5.28. The minimum Gasteiger partial charge on any atom is -0.409 e. The van der Waals surface area contributed by atoms with Gasteiger partial charge in [-0.25, -0.2) is 0 Å². The predicted octanol–water partition coefficient (Wildman–Crippen LogP) is 0.312. The second kappa shape index (κ2) is 5.56. The molecule has 1 aliphatic heterocycles. The summed E-state index contributed by atoms with van der Waals surface area (Å²) in [6, 6.07) is 0.147. The van der Waals surface area contributed by atoms with Gasteiger partial charge in [0, 0.05) is 25.7 Å². The average molecular weight is 256 g/mol. The van der Waals surface area contributed by atoms with Gasteiger partial charge in [-0.3, -0.25) is 4.79 Å². The number of hydrogen-bond acceptors (Lipinski definition) is 4. The second-order valence-corrected chi connectivity index (χ2v) is 5.28. The number of likely N-dealkylation sites (N-methyl/N-ethyl adjacent to an activating group) is 1. The Kier molecular flexibility index (Phi) is 4.56. The largest absolute Gasteiger partial charge is 0.409 e. The van der Waals surface area contributed by atoms with Gasteiger partial charge >= 0.3 is 0 Å². The summed E-state index contributed by atoms with van der Waals surface area (Å²) in [5.41, 5.74) is 4.77. The standard InChI is InChI=1S/C12H24N4O2/c1-5-12(3,10(13)14-18)11(17)16-7-6-15(4)8-9(16)2/h9,18H,5-8H2,1-4H3,(H2,13,14). The van der Waals surface area contributed by atoms with E-state index in [4.69, 9.17) is 10.9 Å². The number of carbonyl (C=O) groups is 1. The lowest BCUT2D eigenvalue weighted by molar-refractivity contribution is -0.142. The fraction of sp³-hybridized carbons (Fsp3) is 0.833. The van der Waals surface area contributed by atoms with Gasteiger partial charge in [-0.2, -0.15) is 0 Å². The molecule has 6 heteroatoms. The first-order chi connectivity index (χ1) is 8.36. The molecule has 1 aliphatic rings. The summed E-state index contributed by atoms with van der Waals surface area (Å²) < 4.78 is 0. The van der Waals surface area contributed by atoms with E-state index in [-0.39, 0.29) is 17.8 Å². The number of amides is 1. The summed E-state index contributed by atoms with van der Waals surface area (Å²) in [6.45, 7) is 8.01. The highest BCUT2D eigenvalue weighted by Crippen LogP contribution is 2.26. The molecule has 1 rings (SSSR count). The molecule has 1 saturated heterocycles. The predicted molar refractivity (Wildman–Crippen MR) is 70.5 cm³/mol. The fourth-order valence-corrected chi connectivity index (χ4v) is 2.31.